The van der Waals surface area contributed by atoms with Crippen LogP contribution in [0.3, 0.4) is 0 Å². The van der Waals surface area contributed by atoms with Crippen LogP contribution in [0, 0.1) is 0 Å². The molecule has 0 amide bonds. The number of thioether (sulfide) groups is 6. The van der Waals surface area contributed by atoms with E-state index >= 15 is 0 Å². The van der Waals surface area contributed by atoms with Crippen molar-refractivity contribution in [2.75, 3.05) is 37.5 Å². The van der Waals surface area contributed by atoms with Gasteiger partial charge < -0.3 is 24.8 Å². The summed E-state index contributed by atoms with van der Waals surface area (Å²) in [7, 11) is -1.05. The van der Waals surface area contributed by atoms with E-state index in [9.17, 15) is 0 Å². The van der Waals surface area contributed by atoms with Crippen molar-refractivity contribution < 1.29 is 52.5 Å². The minimum Gasteiger partial charge on any atom is -1.00 e. The van der Waals surface area contributed by atoms with Crippen LogP contribution in [-0.4, -0.2) is 37.5 Å². The molecule has 0 heterocycles. The van der Waals surface area contributed by atoms with E-state index in [0.29, 0.717) is 0 Å². The summed E-state index contributed by atoms with van der Waals surface area (Å²) < 4.78 is 0. The molecule has 11 heteroatoms. The van der Waals surface area contributed by atoms with Gasteiger partial charge in [-0.2, -0.15) is 0 Å². The molecule has 0 aliphatic rings. The predicted octanol–water partition coefficient (Wildman–Crippen LogP) is 5.23. The summed E-state index contributed by atoms with van der Waals surface area (Å²) in [5, 5.41) is 8.43. The number of hydrogen-bond donors (Lipinski definition) is 0. The van der Waals surface area contributed by atoms with Crippen LogP contribution < -0.4 is 56.6 Å². The Morgan fingerprint density at radius 3 is 0.453 bits per heavy atom. The van der Waals surface area contributed by atoms with Gasteiger partial charge in [0, 0.05) is 29.4 Å². The third kappa shape index (κ3) is 14.0. The van der Waals surface area contributed by atoms with Gasteiger partial charge in [0.1, 0.15) is 0 Å². The Bertz CT molecular complexity index is 1530. The molecular weight excluding hydrogens is 1030 g/mol. The molecule has 6 aromatic rings. The summed E-state index contributed by atoms with van der Waals surface area (Å²) in [4.78, 5) is 7.88. The van der Waals surface area contributed by atoms with Gasteiger partial charge in [-0.25, -0.2) is 0 Å². The van der Waals surface area contributed by atoms with Crippen molar-refractivity contribution in [3.8, 4) is 0 Å². The van der Waals surface area contributed by atoms with E-state index in [-0.39, 0.29) is 52.5 Å². The van der Waals surface area contributed by atoms with Gasteiger partial charge in [0.15, 0.2) is 0 Å². The summed E-state index contributed by atoms with van der Waals surface area (Å²) in [6.45, 7) is 0. The summed E-state index contributed by atoms with van der Waals surface area (Å²) in [5.74, 6) is 0. The second-order valence-electron chi connectivity index (χ2n) is 10.9. The molecule has 0 unspecified atom stereocenters. The van der Waals surface area contributed by atoms with Crippen molar-refractivity contribution in [1.29, 1.82) is 0 Å². The summed E-state index contributed by atoms with van der Waals surface area (Å²) >= 11 is 10.8. The van der Waals surface area contributed by atoms with Crippen molar-refractivity contribution in [3.63, 3.8) is 0 Å². The van der Waals surface area contributed by atoms with Crippen LogP contribution in [0.15, 0.2) is 175 Å². The van der Waals surface area contributed by atoms with Gasteiger partial charge in [-0.15, -0.1) is 70.6 Å². The largest absolute Gasteiger partial charge is 2.00 e. The molecule has 0 aliphatic carbocycles. The van der Waals surface area contributed by atoms with Crippen molar-refractivity contribution in [2.24, 2.45) is 0 Å². The van der Waals surface area contributed by atoms with Crippen LogP contribution in [0.4, 0.5) is 0 Å². The van der Waals surface area contributed by atoms with Gasteiger partial charge in [-0.3, -0.25) is 0 Å². The monoisotopic (exact) mass is 1070 g/mol. The minimum absolute atomic E-state index is 0. The zero-order chi connectivity index (χ0) is 35.3. The molecule has 0 aliphatic heterocycles. The minimum atomic E-state index is -0.526. The standard InChI is InChI=1S/2C21H21PS3.2ClH.Hg/c2*1-23-19-10-4-16(5-11-19)22(17-6-12-20(24-2)13-7-17)18-8-14-21(25-3)15-9-18;;;/h2*4-15H,1-3H3;2*1H;/q;;;;+2/p-2. The maximum absolute atomic E-state index is 2.29. The Morgan fingerprint density at radius 2 is 0.358 bits per heavy atom. The molecule has 0 saturated heterocycles. The average molecular weight is 1070 g/mol. The Hall–Kier alpha value is -0.205. The van der Waals surface area contributed by atoms with E-state index in [2.05, 4.69) is 183 Å². The van der Waals surface area contributed by atoms with Crippen LogP contribution in [0.5, 0.6) is 0 Å². The van der Waals surface area contributed by atoms with Gasteiger partial charge in [0.05, 0.1) is 0 Å². The maximum atomic E-state index is 2.29. The molecule has 0 aromatic heterocycles. The molecular formula is C42H42Cl2HgP2S6. The normalized spacial score (nSPS) is 10.4. The first-order valence-electron chi connectivity index (χ1n) is 15.9. The quantitative estimate of drug-likeness (QED) is 0.0931. The molecule has 6 aromatic carbocycles. The molecule has 0 N–H and O–H groups in total. The molecule has 0 atom stereocenters. The van der Waals surface area contributed by atoms with Crippen LogP contribution in [0.1, 0.15) is 0 Å². The number of hydrogen-bond acceptors (Lipinski definition) is 6. The molecule has 53 heavy (non-hydrogen) atoms. The number of halogens is 2. The van der Waals surface area contributed by atoms with Crippen molar-refractivity contribution in [3.05, 3.63) is 146 Å². The van der Waals surface area contributed by atoms with E-state index in [1.54, 1.807) is 70.6 Å². The van der Waals surface area contributed by atoms with Crippen molar-refractivity contribution >= 4 is 118 Å². The van der Waals surface area contributed by atoms with E-state index in [1.807, 2.05) is 0 Å². The van der Waals surface area contributed by atoms with E-state index in [1.165, 1.54) is 61.2 Å². The number of benzene rings is 6. The van der Waals surface area contributed by atoms with Gasteiger partial charge in [0.2, 0.25) is 0 Å². The first-order valence-corrected chi connectivity index (χ1v) is 26.0. The molecule has 0 radical (unpaired) electrons. The Morgan fingerprint density at radius 1 is 0.245 bits per heavy atom. The average Bonchev–Trinajstić information content (AvgIpc) is 3.20. The fourth-order valence-corrected chi connectivity index (χ4v) is 12.2. The van der Waals surface area contributed by atoms with E-state index < -0.39 is 15.8 Å². The van der Waals surface area contributed by atoms with Crippen LogP contribution >= 0.6 is 86.4 Å². The second kappa shape index (κ2) is 25.9. The third-order valence-electron chi connectivity index (χ3n) is 7.98. The summed E-state index contributed by atoms with van der Waals surface area (Å²) in [5.41, 5.74) is 0. The Labute approximate surface area is 379 Å². The zero-order valence-electron chi connectivity index (χ0n) is 30.7. The smallest absolute Gasteiger partial charge is 1.00 e. The van der Waals surface area contributed by atoms with Crippen LogP contribution in [0.25, 0.3) is 0 Å². The van der Waals surface area contributed by atoms with E-state index in [4.69, 9.17) is 0 Å². The summed E-state index contributed by atoms with van der Waals surface area (Å²) in [6, 6.07) is 54.4. The molecule has 0 bridgehead atoms. The Kier molecular flexibility index (Phi) is 23.9. The van der Waals surface area contributed by atoms with Crippen molar-refractivity contribution in [1.82, 2.24) is 0 Å². The maximum Gasteiger partial charge on any atom is 2.00 e. The van der Waals surface area contributed by atoms with Crippen LogP contribution in [0.2, 0.25) is 0 Å². The van der Waals surface area contributed by atoms with Gasteiger partial charge in [-0.1, -0.05) is 72.8 Å². The van der Waals surface area contributed by atoms with E-state index in [0.717, 1.165) is 0 Å². The van der Waals surface area contributed by atoms with Crippen LogP contribution in [-0.2, 0) is 27.7 Å². The predicted molar refractivity (Wildman–Crippen MR) is 241 cm³/mol. The summed E-state index contributed by atoms with van der Waals surface area (Å²) in [6.07, 6.45) is 12.8. The SMILES string of the molecule is CSc1ccc(P(c2ccc(SC)cc2)c2ccc(SC)cc2)cc1.CSc1ccc(P(c2ccc(SC)cc2)c2ccc(SC)cc2)cc1.[Cl-].[Cl-].[Hg+2]. The zero-order valence-corrected chi connectivity index (χ0v) is 44.4. The third-order valence-corrected chi connectivity index (χ3v) is 17.3. The molecule has 6 rings (SSSR count). The first kappa shape index (κ1) is 48.9. The topological polar surface area (TPSA) is 0 Å². The molecule has 272 valence electrons. The van der Waals surface area contributed by atoms with Crippen molar-refractivity contribution in [2.45, 2.75) is 29.4 Å². The molecule has 0 spiro atoms. The Balaban J connectivity index is 0.000000347. The fraction of sp³-hybridized carbons (Fsp3) is 0.143. The molecule has 0 fully saturated rings. The van der Waals surface area contributed by atoms with Gasteiger partial charge >= 0.3 is 27.7 Å². The molecule has 0 saturated carbocycles. The number of rotatable bonds is 12. The second-order valence-corrected chi connectivity index (χ2v) is 20.6. The first-order chi connectivity index (χ1) is 24.5. The molecule has 0 nitrogen and oxygen atoms in total. The van der Waals surface area contributed by atoms with Gasteiger partial charge in [0.25, 0.3) is 0 Å². The van der Waals surface area contributed by atoms with Gasteiger partial charge in [-0.05, 0) is 158 Å². The fourth-order valence-electron chi connectivity index (χ4n) is 5.28.